The van der Waals surface area contributed by atoms with Crippen LogP contribution in [-0.2, 0) is 16.4 Å². The summed E-state index contributed by atoms with van der Waals surface area (Å²) in [6.07, 6.45) is 2.74. The van der Waals surface area contributed by atoms with Crippen LogP contribution < -0.4 is 14.8 Å². The summed E-state index contributed by atoms with van der Waals surface area (Å²) in [5.74, 6) is 0.541. The van der Waals surface area contributed by atoms with Gasteiger partial charge in [0, 0.05) is 12.2 Å². The molecule has 0 unspecified atom stereocenters. The maximum Gasteiger partial charge on any atom is 0.252 e. The van der Waals surface area contributed by atoms with E-state index in [9.17, 15) is 13.2 Å². The topological polar surface area (TPSA) is 84.5 Å². The minimum atomic E-state index is -3.40. The van der Waals surface area contributed by atoms with Crippen molar-refractivity contribution < 1.29 is 17.9 Å². The summed E-state index contributed by atoms with van der Waals surface area (Å²) in [7, 11) is -3.40. The normalized spacial score (nSPS) is 11.3. The first kappa shape index (κ1) is 22.0. The summed E-state index contributed by atoms with van der Waals surface area (Å²) >= 11 is 6.11. The van der Waals surface area contributed by atoms with Crippen LogP contribution in [-0.4, -0.2) is 33.2 Å². The molecule has 152 valence electrons. The number of carbonyl (C=O) groups excluding carboxylic acids is 1. The maximum atomic E-state index is 12.3. The highest BCUT2D eigenvalue weighted by molar-refractivity contribution is 7.92. The third kappa shape index (κ3) is 7.40. The Morgan fingerprint density at radius 1 is 1.18 bits per heavy atom. The average Bonchev–Trinajstić information content (AvgIpc) is 2.57. The Hall–Kier alpha value is -2.25. The first-order chi connectivity index (χ1) is 13.1. The number of ether oxygens (including phenoxy) is 1. The number of hydrogen-bond donors (Lipinski definition) is 2. The van der Waals surface area contributed by atoms with Crippen LogP contribution in [0, 0.1) is 0 Å². The molecule has 2 N–H and O–H groups in total. The molecule has 0 spiro atoms. The molecule has 0 heterocycles. The second-order valence-electron chi connectivity index (χ2n) is 6.74. The first-order valence-electron chi connectivity index (χ1n) is 8.95. The molecule has 1 amide bonds. The maximum absolute atomic E-state index is 12.3. The van der Waals surface area contributed by atoms with Crippen molar-refractivity contribution in [2.45, 2.75) is 32.8 Å². The lowest BCUT2D eigenvalue weighted by Gasteiger charge is -2.11. The van der Waals surface area contributed by atoms with Gasteiger partial charge in [-0.25, -0.2) is 8.42 Å². The number of sulfonamides is 1. The van der Waals surface area contributed by atoms with Crippen molar-refractivity contribution in [3.63, 3.8) is 0 Å². The van der Waals surface area contributed by atoms with Gasteiger partial charge < -0.3 is 10.1 Å². The molecule has 0 bridgehead atoms. The number of benzene rings is 2. The molecule has 0 saturated carbocycles. The van der Waals surface area contributed by atoms with E-state index < -0.39 is 10.0 Å². The molecule has 0 fully saturated rings. The third-order valence-corrected chi connectivity index (χ3v) is 4.63. The molecule has 6 nitrogen and oxygen atoms in total. The minimum absolute atomic E-state index is 0.123. The standard InChI is InChI=1S/C20H25ClN2O4S/c1-14(2)27-17-8-4-6-15(12-17)7-5-11-22-20(24)18-10-9-16(13-19(18)21)23-28(3,25)26/h4,6,8-10,12-14,23H,5,7,11H2,1-3H3,(H,22,24). The predicted molar refractivity (Wildman–Crippen MR) is 113 cm³/mol. The summed E-state index contributed by atoms with van der Waals surface area (Å²) in [6.45, 7) is 4.46. The van der Waals surface area contributed by atoms with Crippen LogP contribution in [0.2, 0.25) is 5.02 Å². The van der Waals surface area contributed by atoms with Gasteiger partial charge in [-0.3, -0.25) is 9.52 Å². The Morgan fingerprint density at radius 2 is 1.93 bits per heavy atom. The number of halogens is 1. The van der Waals surface area contributed by atoms with Crippen molar-refractivity contribution in [3.8, 4) is 5.75 Å². The first-order valence-corrected chi connectivity index (χ1v) is 11.2. The summed E-state index contributed by atoms with van der Waals surface area (Å²) < 4.78 is 30.5. The van der Waals surface area contributed by atoms with Gasteiger partial charge in [-0.15, -0.1) is 0 Å². The summed E-state index contributed by atoms with van der Waals surface area (Å²) in [4.78, 5) is 12.3. The highest BCUT2D eigenvalue weighted by Gasteiger charge is 2.12. The van der Waals surface area contributed by atoms with Gasteiger partial charge in [0.1, 0.15) is 5.75 Å². The van der Waals surface area contributed by atoms with Gasteiger partial charge in [0.2, 0.25) is 10.0 Å². The van der Waals surface area contributed by atoms with Crippen LogP contribution in [0.3, 0.4) is 0 Å². The van der Waals surface area contributed by atoms with E-state index in [2.05, 4.69) is 10.0 Å². The van der Waals surface area contributed by atoms with Gasteiger partial charge in [-0.1, -0.05) is 23.7 Å². The number of hydrogen-bond acceptors (Lipinski definition) is 4. The number of nitrogens with one attached hydrogen (secondary N) is 2. The number of carbonyl (C=O) groups is 1. The van der Waals surface area contributed by atoms with E-state index in [-0.39, 0.29) is 17.0 Å². The minimum Gasteiger partial charge on any atom is -0.491 e. The van der Waals surface area contributed by atoms with E-state index in [1.54, 1.807) is 0 Å². The van der Waals surface area contributed by atoms with E-state index in [0.29, 0.717) is 17.8 Å². The average molecular weight is 425 g/mol. The number of rotatable bonds is 9. The van der Waals surface area contributed by atoms with Crippen molar-refractivity contribution in [2.75, 3.05) is 17.5 Å². The van der Waals surface area contributed by atoms with Gasteiger partial charge in [0.05, 0.1) is 22.9 Å². The molecule has 0 radical (unpaired) electrons. The van der Waals surface area contributed by atoms with E-state index in [1.165, 1.54) is 18.2 Å². The molecule has 0 aliphatic heterocycles. The molecule has 0 aliphatic carbocycles. The fraction of sp³-hybridized carbons (Fsp3) is 0.350. The van der Waals surface area contributed by atoms with E-state index in [1.807, 2.05) is 38.1 Å². The Balaban J connectivity index is 1.86. The Bertz CT molecular complexity index is 930. The van der Waals surface area contributed by atoms with Crippen LogP contribution >= 0.6 is 11.6 Å². The molecule has 0 atom stereocenters. The number of amides is 1. The summed E-state index contributed by atoms with van der Waals surface area (Å²) in [6, 6.07) is 12.3. The second kappa shape index (κ2) is 9.80. The smallest absolute Gasteiger partial charge is 0.252 e. The lowest BCUT2D eigenvalue weighted by atomic mass is 10.1. The Kier molecular flexibility index (Phi) is 7.71. The monoisotopic (exact) mass is 424 g/mol. The molecule has 2 aromatic carbocycles. The number of anilines is 1. The second-order valence-corrected chi connectivity index (χ2v) is 8.90. The van der Waals surface area contributed by atoms with Crippen LogP contribution in [0.5, 0.6) is 5.75 Å². The van der Waals surface area contributed by atoms with Gasteiger partial charge in [-0.2, -0.15) is 0 Å². The van der Waals surface area contributed by atoms with E-state index in [0.717, 1.165) is 30.4 Å². The largest absolute Gasteiger partial charge is 0.491 e. The number of aryl methyl sites for hydroxylation is 1. The van der Waals surface area contributed by atoms with E-state index >= 15 is 0 Å². The predicted octanol–water partition coefficient (Wildman–Crippen LogP) is 3.86. The zero-order valence-corrected chi connectivity index (χ0v) is 17.7. The Labute approximate surface area is 171 Å². The molecule has 28 heavy (non-hydrogen) atoms. The fourth-order valence-corrected chi connectivity index (χ4v) is 3.43. The molecule has 0 aliphatic rings. The van der Waals surface area contributed by atoms with Crippen molar-refractivity contribution >= 4 is 33.2 Å². The van der Waals surface area contributed by atoms with Crippen LogP contribution in [0.15, 0.2) is 42.5 Å². The fourth-order valence-electron chi connectivity index (χ4n) is 2.61. The molecule has 0 aromatic heterocycles. The zero-order valence-electron chi connectivity index (χ0n) is 16.2. The van der Waals surface area contributed by atoms with Crippen molar-refractivity contribution in [2.24, 2.45) is 0 Å². The van der Waals surface area contributed by atoms with E-state index in [4.69, 9.17) is 16.3 Å². The van der Waals surface area contributed by atoms with Crippen LogP contribution in [0.25, 0.3) is 0 Å². The summed E-state index contributed by atoms with van der Waals surface area (Å²) in [5.41, 5.74) is 1.75. The van der Waals surface area contributed by atoms with Gasteiger partial charge in [-0.05, 0) is 62.6 Å². The molecular weight excluding hydrogens is 400 g/mol. The quantitative estimate of drug-likeness (QED) is 0.598. The van der Waals surface area contributed by atoms with Gasteiger partial charge >= 0.3 is 0 Å². The molecule has 0 saturated heterocycles. The molecule has 2 aromatic rings. The molecule has 8 heteroatoms. The van der Waals surface area contributed by atoms with Crippen molar-refractivity contribution in [1.29, 1.82) is 0 Å². The van der Waals surface area contributed by atoms with Crippen molar-refractivity contribution in [1.82, 2.24) is 5.32 Å². The van der Waals surface area contributed by atoms with Crippen LogP contribution in [0.1, 0.15) is 36.2 Å². The Morgan fingerprint density at radius 3 is 2.57 bits per heavy atom. The third-order valence-electron chi connectivity index (χ3n) is 3.71. The SMILES string of the molecule is CC(C)Oc1cccc(CCCNC(=O)c2ccc(NS(C)(=O)=O)cc2Cl)c1. The highest BCUT2D eigenvalue weighted by Crippen LogP contribution is 2.21. The van der Waals surface area contributed by atoms with Gasteiger partial charge in [0.25, 0.3) is 5.91 Å². The molecule has 2 rings (SSSR count). The van der Waals surface area contributed by atoms with Gasteiger partial charge in [0.15, 0.2) is 0 Å². The lowest BCUT2D eigenvalue weighted by Crippen LogP contribution is -2.25. The lowest BCUT2D eigenvalue weighted by molar-refractivity contribution is 0.0953. The van der Waals surface area contributed by atoms with Crippen molar-refractivity contribution in [3.05, 3.63) is 58.6 Å². The van der Waals surface area contributed by atoms with Crippen LogP contribution in [0.4, 0.5) is 5.69 Å². The zero-order chi connectivity index (χ0) is 20.7. The molecular formula is C20H25ClN2O4S. The summed E-state index contributed by atoms with van der Waals surface area (Å²) in [5, 5.41) is 3.02. The highest BCUT2D eigenvalue weighted by atomic mass is 35.5.